The van der Waals surface area contributed by atoms with Gasteiger partial charge in [0.1, 0.15) is 0 Å². The zero-order chi connectivity index (χ0) is 13.4. The highest BCUT2D eigenvalue weighted by molar-refractivity contribution is 6.54. The number of hydrogen-bond acceptors (Lipinski definition) is 1. The smallest absolute Gasteiger partial charge is 0.191 e. The van der Waals surface area contributed by atoms with Crippen molar-refractivity contribution < 1.29 is 4.79 Å². The van der Waals surface area contributed by atoms with Gasteiger partial charge in [0.25, 0.3) is 0 Å². The van der Waals surface area contributed by atoms with Crippen molar-refractivity contribution in [3.63, 3.8) is 0 Å². The summed E-state index contributed by atoms with van der Waals surface area (Å²) in [5.41, 5.74) is 2.57. The Morgan fingerprint density at radius 2 is 1.74 bits per heavy atom. The fourth-order valence-corrected chi connectivity index (χ4v) is 3.05. The number of unbranched alkanes of at least 4 members (excludes halogenated alkanes) is 1. The van der Waals surface area contributed by atoms with Gasteiger partial charge in [0.2, 0.25) is 0 Å². The molecule has 0 spiro atoms. The van der Waals surface area contributed by atoms with Gasteiger partial charge in [-0.3, -0.25) is 4.79 Å². The second-order valence-electron chi connectivity index (χ2n) is 4.93. The van der Waals surface area contributed by atoms with Crippen molar-refractivity contribution in [2.45, 2.75) is 26.2 Å². The first-order valence-electron chi connectivity index (χ1n) is 6.69. The van der Waals surface area contributed by atoms with E-state index in [-0.39, 0.29) is 5.78 Å². The Morgan fingerprint density at radius 3 is 2.42 bits per heavy atom. The van der Waals surface area contributed by atoms with Crippen LogP contribution in [0.2, 0.25) is 0 Å². The van der Waals surface area contributed by atoms with Crippen molar-refractivity contribution in [2.24, 2.45) is 0 Å². The molecule has 3 rings (SSSR count). The summed E-state index contributed by atoms with van der Waals surface area (Å²) < 4.78 is 0. The Labute approximate surface area is 117 Å². The van der Waals surface area contributed by atoms with E-state index in [0.717, 1.165) is 46.7 Å². The van der Waals surface area contributed by atoms with E-state index < -0.39 is 0 Å². The van der Waals surface area contributed by atoms with Crippen LogP contribution < -0.4 is 0 Å². The van der Waals surface area contributed by atoms with Crippen LogP contribution in [0.3, 0.4) is 0 Å². The molecule has 2 heteroatoms. The summed E-state index contributed by atoms with van der Waals surface area (Å²) >= 11 is 6.47. The third kappa shape index (κ3) is 1.89. The lowest BCUT2D eigenvalue weighted by atomic mass is 9.86. The fourth-order valence-electron chi connectivity index (χ4n) is 2.71. The molecule has 0 aliphatic heterocycles. The first-order chi connectivity index (χ1) is 9.24. The van der Waals surface area contributed by atoms with Gasteiger partial charge in [0, 0.05) is 22.1 Å². The first-order valence-corrected chi connectivity index (χ1v) is 7.07. The van der Waals surface area contributed by atoms with E-state index in [0.29, 0.717) is 5.03 Å². The lowest BCUT2D eigenvalue weighted by molar-refractivity contribution is 0.103. The molecule has 2 aromatic carbocycles. The van der Waals surface area contributed by atoms with E-state index in [1.807, 2.05) is 36.4 Å². The molecule has 0 bridgehead atoms. The molecule has 0 atom stereocenters. The minimum absolute atomic E-state index is 0.0998. The molecular weight excluding hydrogens is 256 g/mol. The second-order valence-corrected chi connectivity index (χ2v) is 5.31. The molecule has 0 aromatic heterocycles. The third-order valence-electron chi connectivity index (χ3n) is 3.71. The number of carbonyl (C=O) groups excluding carboxylic acids is 1. The van der Waals surface area contributed by atoms with Gasteiger partial charge in [-0.2, -0.15) is 0 Å². The molecule has 0 unspecified atom stereocenters. The standard InChI is InChI=1S/C17H15ClO/c1-2-3-8-14-16(18)12-9-4-6-11-7-5-10-13(15(11)12)17(14)19/h4-7,9-10H,2-3,8H2,1H3. The van der Waals surface area contributed by atoms with Gasteiger partial charge in [0.05, 0.1) is 5.03 Å². The maximum Gasteiger partial charge on any atom is 0.191 e. The van der Waals surface area contributed by atoms with Gasteiger partial charge in [-0.15, -0.1) is 0 Å². The topological polar surface area (TPSA) is 17.1 Å². The molecule has 2 aromatic rings. The van der Waals surface area contributed by atoms with E-state index in [1.54, 1.807) is 0 Å². The van der Waals surface area contributed by atoms with Crippen molar-refractivity contribution in [2.75, 3.05) is 0 Å². The van der Waals surface area contributed by atoms with Crippen molar-refractivity contribution in [1.82, 2.24) is 0 Å². The molecule has 19 heavy (non-hydrogen) atoms. The Bertz CT molecular complexity index is 692. The molecule has 0 N–H and O–H groups in total. The average molecular weight is 271 g/mol. The fraction of sp³-hybridized carbons (Fsp3) is 0.235. The van der Waals surface area contributed by atoms with Gasteiger partial charge in [-0.25, -0.2) is 0 Å². The number of halogens is 1. The third-order valence-corrected chi connectivity index (χ3v) is 4.14. The summed E-state index contributed by atoms with van der Waals surface area (Å²) in [4.78, 5) is 12.6. The predicted molar refractivity (Wildman–Crippen MR) is 80.6 cm³/mol. The van der Waals surface area contributed by atoms with Crippen molar-refractivity contribution in [3.8, 4) is 0 Å². The number of ketones is 1. The van der Waals surface area contributed by atoms with E-state index in [9.17, 15) is 4.79 Å². The lowest BCUT2D eigenvalue weighted by Crippen LogP contribution is -2.11. The number of allylic oxidation sites excluding steroid dienone is 1. The summed E-state index contributed by atoms with van der Waals surface area (Å²) in [6, 6.07) is 11.9. The summed E-state index contributed by atoms with van der Waals surface area (Å²) in [6.07, 6.45) is 2.82. The molecule has 0 heterocycles. The van der Waals surface area contributed by atoms with Crippen molar-refractivity contribution in [1.29, 1.82) is 0 Å². The van der Waals surface area contributed by atoms with Gasteiger partial charge in [-0.05, 0) is 18.2 Å². The van der Waals surface area contributed by atoms with Crippen LogP contribution in [-0.2, 0) is 0 Å². The highest BCUT2D eigenvalue weighted by Crippen LogP contribution is 2.39. The summed E-state index contributed by atoms with van der Waals surface area (Å²) in [5.74, 6) is 0.0998. The van der Waals surface area contributed by atoms with Crippen molar-refractivity contribution >= 4 is 33.2 Å². The van der Waals surface area contributed by atoms with E-state index in [1.165, 1.54) is 0 Å². The number of hydrogen-bond donors (Lipinski definition) is 0. The molecule has 0 radical (unpaired) electrons. The maximum atomic E-state index is 12.6. The van der Waals surface area contributed by atoms with Crippen LogP contribution in [0, 0.1) is 0 Å². The highest BCUT2D eigenvalue weighted by atomic mass is 35.5. The molecule has 1 nitrogen and oxygen atoms in total. The molecular formula is C17H15ClO. The summed E-state index contributed by atoms with van der Waals surface area (Å²) in [7, 11) is 0. The van der Waals surface area contributed by atoms with Gasteiger partial charge >= 0.3 is 0 Å². The normalized spacial score (nSPS) is 14.3. The Balaban J connectivity index is 2.27. The van der Waals surface area contributed by atoms with E-state index >= 15 is 0 Å². The monoisotopic (exact) mass is 270 g/mol. The Kier molecular flexibility index (Phi) is 3.16. The molecule has 0 fully saturated rings. The van der Waals surface area contributed by atoms with Gasteiger partial charge in [0.15, 0.2) is 5.78 Å². The van der Waals surface area contributed by atoms with Crippen LogP contribution in [0.15, 0.2) is 42.0 Å². The first kappa shape index (κ1) is 12.4. The van der Waals surface area contributed by atoms with Crippen LogP contribution >= 0.6 is 11.6 Å². The van der Waals surface area contributed by atoms with Crippen LogP contribution in [-0.4, -0.2) is 5.78 Å². The molecule has 0 saturated carbocycles. The van der Waals surface area contributed by atoms with E-state index in [4.69, 9.17) is 11.6 Å². The number of rotatable bonds is 3. The average Bonchev–Trinajstić information content (AvgIpc) is 2.44. The Hall–Kier alpha value is -1.60. The molecule has 0 saturated heterocycles. The molecule has 96 valence electrons. The van der Waals surface area contributed by atoms with E-state index in [2.05, 4.69) is 6.92 Å². The summed E-state index contributed by atoms with van der Waals surface area (Å²) in [5, 5.41) is 2.72. The second kappa shape index (κ2) is 4.82. The zero-order valence-electron chi connectivity index (χ0n) is 10.9. The van der Waals surface area contributed by atoms with Crippen molar-refractivity contribution in [3.05, 3.63) is 53.1 Å². The molecule has 0 amide bonds. The minimum Gasteiger partial charge on any atom is -0.289 e. The SMILES string of the molecule is CCCCC1=C(Cl)c2cccc3cccc(c23)C1=O. The number of carbonyl (C=O) groups is 1. The quantitative estimate of drug-likeness (QED) is 0.751. The van der Waals surface area contributed by atoms with Gasteiger partial charge in [-0.1, -0.05) is 61.3 Å². The highest BCUT2D eigenvalue weighted by Gasteiger charge is 2.25. The summed E-state index contributed by atoms with van der Waals surface area (Å²) in [6.45, 7) is 2.12. The number of Topliss-reactive ketones (excluding diaryl/α,β-unsaturated/α-hetero) is 1. The number of benzene rings is 2. The predicted octanol–water partition coefficient (Wildman–Crippen LogP) is 5.18. The molecule has 1 aliphatic carbocycles. The maximum absolute atomic E-state index is 12.6. The lowest BCUT2D eigenvalue weighted by Gasteiger charge is -2.19. The zero-order valence-corrected chi connectivity index (χ0v) is 11.6. The van der Waals surface area contributed by atoms with Crippen LogP contribution in [0.1, 0.15) is 42.1 Å². The van der Waals surface area contributed by atoms with Crippen LogP contribution in [0.25, 0.3) is 15.8 Å². The largest absolute Gasteiger partial charge is 0.289 e. The van der Waals surface area contributed by atoms with Crippen LogP contribution in [0.4, 0.5) is 0 Å². The molecule has 1 aliphatic rings. The van der Waals surface area contributed by atoms with Crippen LogP contribution in [0.5, 0.6) is 0 Å². The Morgan fingerprint density at radius 1 is 1.05 bits per heavy atom. The van der Waals surface area contributed by atoms with Gasteiger partial charge < -0.3 is 0 Å². The minimum atomic E-state index is 0.0998.